The number of halogens is 2. The molecular weight excluding hydrogens is 394 g/mol. The van der Waals surface area contributed by atoms with E-state index < -0.39 is 39.7 Å². The van der Waals surface area contributed by atoms with Crippen LogP contribution in [0.4, 0.5) is 20.2 Å². The van der Waals surface area contributed by atoms with Crippen molar-refractivity contribution >= 4 is 28.2 Å². The van der Waals surface area contributed by atoms with E-state index in [1.807, 2.05) is 0 Å². The van der Waals surface area contributed by atoms with Gasteiger partial charge in [-0.25, -0.2) is 13.6 Å². The van der Waals surface area contributed by atoms with Crippen molar-refractivity contribution < 1.29 is 18.7 Å². The predicted octanol–water partition coefficient (Wildman–Crippen LogP) is 2.46. The third-order valence-electron chi connectivity index (χ3n) is 7.01. The summed E-state index contributed by atoms with van der Waals surface area (Å²) in [6.45, 7) is 0.920. The largest absolute Gasteiger partial charge is 0.477 e. The number of pyridine rings is 1. The van der Waals surface area contributed by atoms with Gasteiger partial charge in [-0.05, 0) is 37.5 Å². The maximum atomic E-state index is 15.8. The van der Waals surface area contributed by atoms with Crippen LogP contribution in [0.1, 0.15) is 48.5 Å². The van der Waals surface area contributed by atoms with Gasteiger partial charge < -0.3 is 26.0 Å². The lowest BCUT2D eigenvalue weighted by Gasteiger charge is -2.29. The maximum Gasteiger partial charge on any atom is 0.341 e. The number of rotatable bonds is 3. The average Bonchev–Trinajstić information content (AvgIpc) is 3.45. The summed E-state index contributed by atoms with van der Waals surface area (Å²) in [5.41, 5.74) is 9.90. The van der Waals surface area contributed by atoms with Gasteiger partial charge in [-0.3, -0.25) is 4.79 Å². The normalized spacial score (nSPS) is 26.2. The number of carboxylic acids is 1. The van der Waals surface area contributed by atoms with Crippen molar-refractivity contribution in [2.45, 2.75) is 44.2 Å². The van der Waals surface area contributed by atoms with E-state index in [0.29, 0.717) is 13.1 Å². The van der Waals surface area contributed by atoms with Crippen LogP contribution >= 0.6 is 0 Å². The van der Waals surface area contributed by atoms with E-state index in [2.05, 4.69) is 0 Å². The van der Waals surface area contributed by atoms with Crippen molar-refractivity contribution in [3.05, 3.63) is 33.6 Å². The second-order valence-electron chi connectivity index (χ2n) is 8.85. The number of nitrogens with two attached hydrogens (primary N) is 2. The quantitative estimate of drug-likeness (QED) is 0.660. The predicted molar refractivity (Wildman–Crippen MR) is 109 cm³/mol. The Morgan fingerprint density at radius 2 is 1.87 bits per heavy atom. The number of carbonyl (C=O) groups is 1. The van der Waals surface area contributed by atoms with Gasteiger partial charge in [0.2, 0.25) is 5.43 Å². The van der Waals surface area contributed by atoms with Crippen LogP contribution in [0.5, 0.6) is 0 Å². The van der Waals surface area contributed by atoms with E-state index in [4.69, 9.17) is 11.5 Å². The number of aromatic nitrogens is 1. The minimum atomic E-state index is -1.45. The highest BCUT2D eigenvalue weighted by Crippen LogP contribution is 2.44. The summed E-state index contributed by atoms with van der Waals surface area (Å²) in [5.74, 6) is -2.88. The number of hydrogen-bond donors (Lipinski definition) is 3. The lowest BCUT2D eigenvalue weighted by Crippen LogP contribution is -2.38. The second kappa shape index (κ2) is 6.66. The highest BCUT2D eigenvalue weighted by atomic mass is 19.1. The molecule has 0 radical (unpaired) electrons. The zero-order chi connectivity index (χ0) is 21.3. The fourth-order valence-electron chi connectivity index (χ4n) is 5.32. The van der Waals surface area contributed by atoms with Crippen LogP contribution in [0.25, 0.3) is 10.9 Å². The van der Waals surface area contributed by atoms with Crippen LogP contribution in [0.2, 0.25) is 0 Å². The molecule has 3 atom stereocenters. The molecule has 5 N–H and O–H groups in total. The van der Waals surface area contributed by atoms with Crippen molar-refractivity contribution in [1.29, 1.82) is 0 Å². The molecular formula is C21H24F2N4O3. The number of aromatic carboxylic acids is 1. The standard InChI is InChI=1S/C21H24F2N4O3/c22-15-17(25)14-18(27(10-4-5-10)8-12(20(14)28)21(29)30)16(23)19(15)26-6-9-2-1-3-13(24)11(9)7-26/h8-11,13H,1-7,24-25H2,(H,29,30)/t9-,11+,13-/m0/s1. The molecule has 1 aromatic heterocycles. The molecule has 2 aromatic rings. The van der Waals surface area contributed by atoms with Crippen LogP contribution in [-0.2, 0) is 0 Å². The van der Waals surface area contributed by atoms with Crippen molar-refractivity contribution in [2.24, 2.45) is 17.6 Å². The minimum Gasteiger partial charge on any atom is -0.477 e. The minimum absolute atomic E-state index is 0.000412. The maximum absolute atomic E-state index is 15.8. The first-order chi connectivity index (χ1) is 14.3. The molecule has 0 amide bonds. The lowest BCUT2D eigenvalue weighted by molar-refractivity contribution is 0.0695. The summed E-state index contributed by atoms with van der Waals surface area (Å²) in [7, 11) is 0. The molecule has 3 aliphatic rings. The van der Waals surface area contributed by atoms with Crippen molar-refractivity contribution in [1.82, 2.24) is 4.57 Å². The molecule has 2 saturated carbocycles. The topological polar surface area (TPSA) is 115 Å². The first-order valence-corrected chi connectivity index (χ1v) is 10.4. The van der Waals surface area contributed by atoms with Gasteiger partial charge in [-0.1, -0.05) is 6.42 Å². The Morgan fingerprint density at radius 1 is 1.13 bits per heavy atom. The van der Waals surface area contributed by atoms with Gasteiger partial charge in [0.25, 0.3) is 0 Å². The van der Waals surface area contributed by atoms with Crippen LogP contribution in [-0.4, -0.2) is 34.8 Å². The van der Waals surface area contributed by atoms with Gasteiger partial charge >= 0.3 is 5.97 Å². The Labute approximate surface area is 171 Å². The van der Waals surface area contributed by atoms with E-state index in [1.54, 1.807) is 4.90 Å². The SMILES string of the molecule is Nc1c(F)c(N2C[C@@H]3CCC[C@H](N)[C@@H]3C2)c(F)c2c1c(=O)c(C(=O)O)cn2C1CC1. The smallest absolute Gasteiger partial charge is 0.341 e. The summed E-state index contributed by atoms with van der Waals surface area (Å²) in [6, 6.07) is -0.131. The number of anilines is 2. The number of benzene rings is 1. The zero-order valence-electron chi connectivity index (χ0n) is 16.4. The van der Waals surface area contributed by atoms with Crippen molar-refractivity contribution in [3.8, 4) is 0 Å². The van der Waals surface area contributed by atoms with Gasteiger partial charge in [-0.15, -0.1) is 0 Å². The summed E-state index contributed by atoms with van der Waals surface area (Å²) in [6.07, 6.45) is 5.49. The van der Waals surface area contributed by atoms with Gasteiger partial charge in [0, 0.05) is 31.4 Å². The number of nitrogen functional groups attached to an aromatic ring is 1. The molecule has 1 aliphatic heterocycles. The summed E-state index contributed by atoms with van der Waals surface area (Å²) >= 11 is 0. The number of nitrogens with zero attached hydrogens (tertiary/aromatic N) is 2. The summed E-state index contributed by atoms with van der Waals surface area (Å²) in [5, 5.41) is 9.00. The van der Waals surface area contributed by atoms with E-state index in [0.717, 1.165) is 38.3 Å². The molecule has 2 heterocycles. The lowest BCUT2D eigenvalue weighted by atomic mass is 9.78. The van der Waals surface area contributed by atoms with Crippen LogP contribution in [0.3, 0.4) is 0 Å². The highest BCUT2D eigenvalue weighted by molar-refractivity contribution is 5.99. The molecule has 2 aliphatic carbocycles. The zero-order valence-corrected chi connectivity index (χ0v) is 16.4. The van der Waals surface area contributed by atoms with Gasteiger partial charge in [-0.2, -0.15) is 0 Å². The molecule has 1 saturated heterocycles. The highest BCUT2D eigenvalue weighted by Gasteiger charge is 2.41. The van der Waals surface area contributed by atoms with Gasteiger partial charge in [0.05, 0.1) is 16.6 Å². The number of fused-ring (bicyclic) bond motifs is 2. The summed E-state index contributed by atoms with van der Waals surface area (Å²) < 4.78 is 32.6. The third kappa shape index (κ3) is 2.71. The molecule has 160 valence electrons. The first kappa shape index (κ1) is 19.3. The molecule has 7 nitrogen and oxygen atoms in total. The molecule has 0 bridgehead atoms. The van der Waals surface area contributed by atoms with E-state index >= 15 is 8.78 Å². The van der Waals surface area contributed by atoms with Crippen LogP contribution in [0, 0.1) is 23.5 Å². The van der Waals surface area contributed by atoms with E-state index in [1.165, 1.54) is 4.57 Å². The van der Waals surface area contributed by atoms with Crippen molar-refractivity contribution in [2.75, 3.05) is 23.7 Å². The number of carboxylic acid groups (broad SMARTS) is 1. The Kier molecular flexibility index (Phi) is 4.29. The molecule has 30 heavy (non-hydrogen) atoms. The third-order valence-corrected chi connectivity index (χ3v) is 7.01. The molecule has 0 spiro atoms. The average molecular weight is 418 g/mol. The Balaban J connectivity index is 1.73. The monoisotopic (exact) mass is 418 g/mol. The van der Waals surface area contributed by atoms with Crippen LogP contribution < -0.4 is 21.8 Å². The van der Waals surface area contributed by atoms with E-state index in [9.17, 15) is 14.7 Å². The van der Waals surface area contributed by atoms with Gasteiger partial charge in [0.1, 0.15) is 11.3 Å². The fraction of sp³-hybridized carbons (Fsp3) is 0.524. The first-order valence-electron chi connectivity index (χ1n) is 10.4. The Bertz CT molecular complexity index is 1130. The van der Waals surface area contributed by atoms with Gasteiger partial charge in [0.15, 0.2) is 11.6 Å². The molecule has 5 rings (SSSR count). The van der Waals surface area contributed by atoms with E-state index in [-0.39, 0.29) is 35.1 Å². The summed E-state index contributed by atoms with van der Waals surface area (Å²) in [4.78, 5) is 25.9. The Hall–Kier alpha value is -2.68. The molecule has 0 unspecified atom stereocenters. The molecule has 3 fully saturated rings. The van der Waals surface area contributed by atoms with Crippen LogP contribution in [0.15, 0.2) is 11.0 Å². The molecule has 9 heteroatoms. The fourth-order valence-corrected chi connectivity index (χ4v) is 5.32. The molecule has 1 aromatic carbocycles. The number of hydrogen-bond acceptors (Lipinski definition) is 5. The second-order valence-corrected chi connectivity index (χ2v) is 8.85. The Morgan fingerprint density at radius 3 is 2.50 bits per heavy atom. The van der Waals surface area contributed by atoms with Crippen molar-refractivity contribution in [3.63, 3.8) is 0 Å².